The van der Waals surface area contributed by atoms with Gasteiger partial charge in [-0.15, -0.1) is 6.58 Å². The molecule has 2 spiro atoms. The lowest BCUT2D eigenvalue weighted by molar-refractivity contribution is -0.144. The highest BCUT2D eigenvalue weighted by Gasteiger charge is 2.85. The summed E-state index contributed by atoms with van der Waals surface area (Å²) in [5.41, 5.74) is -0.760. The predicted octanol–water partition coefficient (Wildman–Crippen LogP) is 8.04. The van der Waals surface area contributed by atoms with Crippen LogP contribution in [0.15, 0.2) is 24.4 Å². The lowest BCUT2D eigenvalue weighted by Crippen LogP contribution is -2.61. The number of carbonyl (C=O) groups is 3. The van der Waals surface area contributed by atoms with Crippen LogP contribution in [-0.4, -0.2) is 71.8 Å². The van der Waals surface area contributed by atoms with Gasteiger partial charge in [0, 0.05) is 48.2 Å². The second kappa shape index (κ2) is 14.9. The van der Waals surface area contributed by atoms with Crippen molar-refractivity contribution in [2.45, 2.75) is 176 Å². The molecule has 2 heterocycles. The molecule has 3 saturated carbocycles. The first-order valence-corrected chi connectivity index (χ1v) is 20.7. The maximum absolute atomic E-state index is 15.2. The quantitative estimate of drug-likeness (QED) is 0.117. The van der Waals surface area contributed by atoms with Crippen molar-refractivity contribution >= 4 is 17.9 Å². The molecule has 9 heteroatoms. The summed E-state index contributed by atoms with van der Waals surface area (Å²) in [4.78, 5) is 45.4. The lowest BCUT2D eigenvalue weighted by Gasteiger charge is -2.42. The standard InChI is InChI=1S/C43H72N4O5/c1-12-15-16-19-29(4)30(5)44-33(18-13-2)43(26-31(43)14-3)46-35(48)32-27-42(39(9,10)41(42)20-17-21-41)28-47(32)36(49)34(40(11)22-24-51-25-23-40)45-37(50)52-38(6,7)8/h14,18,29-32,34,44H,3,12-13,15-17,19-28H2,1-2,4-11H3,(H,45,50)(H,46,48)/b33-18+/t29?,30?,31-,32?,34-,42?,43-/m1/s1. The summed E-state index contributed by atoms with van der Waals surface area (Å²) in [6.45, 7) is 26.9. The number of fused-ring (bicyclic) bond motifs is 1. The molecule has 0 bridgehead atoms. The summed E-state index contributed by atoms with van der Waals surface area (Å²) in [6, 6.07) is -1.25. The number of nitrogens with zero attached hydrogens (tertiary/aromatic N) is 1. The molecule has 9 nitrogen and oxygen atoms in total. The first-order valence-electron chi connectivity index (χ1n) is 20.7. The maximum atomic E-state index is 15.2. The summed E-state index contributed by atoms with van der Waals surface area (Å²) >= 11 is 0. The van der Waals surface area contributed by atoms with Crippen LogP contribution in [0, 0.1) is 33.5 Å². The van der Waals surface area contributed by atoms with E-state index in [1.165, 1.54) is 25.7 Å². The SMILES string of the molecule is C=C[C@@H]1C[C@]1(NC(=O)C1CC2(CN1C(=O)[C@@H](NC(=O)OC(C)(C)C)C1(C)CCOCC1)C(C)(C)C21CCC1)/C(=C\CC)NC(C)C(C)CCCCC. The van der Waals surface area contributed by atoms with E-state index in [1.807, 2.05) is 31.7 Å². The number of rotatable bonds is 15. The summed E-state index contributed by atoms with van der Waals surface area (Å²) in [5.74, 6) is 0.292. The van der Waals surface area contributed by atoms with Gasteiger partial charge in [-0.25, -0.2) is 4.79 Å². The van der Waals surface area contributed by atoms with Crippen molar-refractivity contribution in [3.05, 3.63) is 24.4 Å². The zero-order chi connectivity index (χ0) is 38.3. The van der Waals surface area contributed by atoms with Crippen LogP contribution in [-0.2, 0) is 19.1 Å². The van der Waals surface area contributed by atoms with Crippen molar-refractivity contribution < 1.29 is 23.9 Å². The van der Waals surface area contributed by atoms with E-state index in [2.05, 4.69) is 77.1 Å². The summed E-state index contributed by atoms with van der Waals surface area (Å²) < 4.78 is 11.4. The smallest absolute Gasteiger partial charge is 0.408 e. The Morgan fingerprint density at radius 1 is 0.981 bits per heavy atom. The fraction of sp³-hybridized carbons (Fsp3) is 0.837. The molecule has 0 aromatic rings. The highest BCUT2D eigenvalue weighted by molar-refractivity contribution is 5.93. The van der Waals surface area contributed by atoms with Gasteiger partial charge < -0.3 is 30.3 Å². The van der Waals surface area contributed by atoms with E-state index < -0.39 is 34.7 Å². The van der Waals surface area contributed by atoms with E-state index in [1.54, 1.807) is 0 Å². The van der Waals surface area contributed by atoms with Crippen molar-refractivity contribution in [1.82, 2.24) is 20.9 Å². The van der Waals surface area contributed by atoms with E-state index in [-0.39, 0.29) is 40.0 Å². The van der Waals surface area contributed by atoms with Crippen molar-refractivity contribution in [2.75, 3.05) is 19.8 Å². The fourth-order valence-corrected chi connectivity index (χ4v) is 10.6. The van der Waals surface area contributed by atoms with Crippen LogP contribution in [0.2, 0.25) is 0 Å². The summed E-state index contributed by atoms with van der Waals surface area (Å²) in [7, 11) is 0. The van der Waals surface area contributed by atoms with Crippen LogP contribution in [0.5, 0.6) is 0 Å². The molecule has 294 valence electrons. The third-order valence-corrected chi connectivity index (χ3v) is 14.7. The second-order valence-electron chi connectivity index (χ2n) is 19.1. The average molecular weight is 725 g/mol. The van der Waals surface area contributed by atoms with E-state index in [0.29, 0.717) is 44.9 Å². The van der Waals surface area contributed by atoms with Crippen LogP contribution in [0.4, 0.5) is 4.79 Å². The van der Waals surface area contributed by atoms with Crippen molar-refractivity contribution in [3.8, 4) is 0 Å². The minimum absolute atomic E-state index is 0.0155. The number of likely N-dealkylation sites (tertiary alicyclic amines) is 1. The lowest BCUT2D eigenvalue weighted by atomic mass is 9.73. The van der Waals surface area contributed by atoms with Gasteiger partial charge in [-0.05, 0) is 95.8 Å². The van der Waals surface area contributed by atoms with E-state index in [9.17, 15) is 9.59 Å². The van der Waals surface area contributed by atoms with Crippen LogP contribution < -0.4 is 16.0 Å². The number of nitrogens with one attached hydrogen (secondary N) is 3. The Morgan fingerprint density at radius 2 is 1.65 bits per heavy atom. The zero-order valence-electron chi connectivity index (χ0n) is 34.3. The molecule has 5 aliphatic rings. The minimum Gasteiger partial charge on any atom is -0.444 e. The molecule has 52 heavy (non-hydrogen) atoms. The molecule has 3 aliphatic carbocycles. The molecule has 0 aromatic carbocycles. The minimum atomic E-state index is -0.848. The molecule has 3 N–H and O–H groups in total. The Balaban J connectivity index is 1.46. The third-order valence-electron chi connectivity index (χ3n) is 14.7. The van der Waals surface area contributed by atoms with Gasteiger partial charge in [-0.1, -0.05) is 79.4 Å². The number of carbonyl (C=O) groups excluding carboxylic acids is 3. The summed E-state index contributed by atoms with van der Waals surface area (Å²) in [6.07, 6.45) is 15.4. The summed E-state index contributed by atoms with van der Waals surface area (Å²) in [5, 5.41) is 10.5. The van der Waals surface area contributed by atoms with Crippen molar-refractivity contribution in [2.24, 2.45) is 33.5 Å². The first kappa shape index (κ1) is 40.6. The highest BCUT2D eigenvalue weighted by Crippen LogP contribution is 2.88. The molecule has 5 fully saturated rings. The Kier molecular flexibility index (Phi) is 11.7. The number of allylic oxidation sites excluding steroid dienone is 1. The van der Waals surface area contributed by atoms with Gasteiger partial charge in [-0.3, -0.25) is 9.59 Å². The highest BCUT2D eigenvalue weighted by atomic mass is 16.6. The van der Waals surface area contributed by atoms with Gasteiger partial charge >= 0.3 is 6.09 Å². The fourth-order valence-electron chi connectivity index (χ4n) is 10.6. The number of amides is 3. The Bertz CT molecular complexity index is 1370. The third kappa shape index (κ3) is 7.18. The van der Waals surface area contributed by atoms with Gasteiger partial charge in [0.1, 0.15) is 17.7 Å². The van der Waals surface area contributed by atoms with Gasteiger partial charge in [0.15, 0.2) is 0 Å². The Hall–Kier alpha value is -2.55. The zero-order valence-corrected chi connectivity index (χ0v) is 34.3. The molecule has 2 saturated heterocycles. The molecule has 7 atom stereocenters. The molecule has 5 rings (SSSR count). The van der Waals surface area contributed by atoms with Crippen LogP contribution >= 0.6 is 0 Å². The Labute approximate surface area is 315 Å². The molecule has 3 amide bonds. The Morgan fingerprint density at radius 3 is 2.17 bits per heavy atom. The van der Waals surface area contributed by atoms with Gasteiger partial charge in [0.05, 0.1) is 5.54 Å². The number of alkyl carbamates (subject to hydrolysis) is 1. The topological polar surface area (TPSA) is 109 Å². The second-order valence-corrected chi connectivity index (χ2v) is 19.1. The monoisotopic (exact) mass is 725 g/mol. The average Bonchev–Trinajstić information content (AvgIpc) is 3.77. The van der Waals surface area contributed by atoms with E-state index in [0.717, 1.165) is 37.8 Å². The van der Waals surface area contributed by atoms with Crippen LogP contribution in [0.1, 0.15) is 146 Å². The molecule has 2 aliphatic heterocycles. The normalized spacial score (nSPS) is 31.6. The molecular formula is C43H72N4O5. The number of unbranched alkanes of at least 4 members (excludes halogenated alkanes) is 2. The van der Waals surface area contributed by atoms with Crippen LogP contribution in [0.25, 0.3) is 0 Å². The largest absolute Gasteiger partial charge is 0.444 e. The van der Waals surface area contributed by atoms with Gasteiger partial charge in [0.2, 0.25) is 11.8 Å². The maximum Gasteiger partial charge on any atom is 0.408 e. The predicted molar refractivity (Wildman–Crippen MR) is 207 cm³/mol. The van der Waals surface area contributed by atoms with Crippen LogP contribution in [0.3, 0.4) is 0 Å². The molecule has 4 unspecified atom stereocenters. The molecule has 0 aromatic heterocycles. The molecular weight excluding hydrogens is 652 g/mol. The van der Waals surface area contributed by atoms with Crippen molar-refractivity contribution in [1.29, 1.82) is 0 Å². The van der Waals surface area contributed by atoms with Gasteiger partial charge in [-0.2, -0.15) is 0 Å². The first-order chi connectivity index (χ1) is 24.4. The van der Waals surface area contributed by atoms with Crippen molar-refractivity contribution in [3.63, 3.8) is 0 Å². The number of hydrogen-bond donors (Lipinski definition) is 3. The van der Waals surface area contributed by atoms with Gasteiger partial charge in [0.25, 0.3) is 0 Å². The van der Waals surface area contributed by atoms with E-state index in [4.69, 9.17) is 9.47 Å². The number of hydrogen-bond acceptors (Lipinski definition) is 6. The van der Waals surface area contributed by atoms with E-state index >= 15 is 4.79 Å². The molecule has 0 radical (unpaired) electrons. The number of ether oxygens (including phenoxy) is 2.